The highest BCUT2D eigenvalue weighted by Gasteiger charge is 2.20. The lowest BCUT2D eigenvalue weighted by Crippen LogP contribution is -2.29. The van der Waals surface area contributed by atoms with E-state index in [0.29, 0.717) is 19.6 Å². The number of unbranched alkanes of at least 4 members (excludes halogenated alkanes) is 7. The molecule has 0 aliphatic carbocycles. The third kappa shape index (κ3) is 10.1. The van der Waals surface area contributed by atoms with E-state index in [4.69, 9.17) is 9.47 Å². The summed E-state index contributed by atoms with van der Waals surface area (Å²) >= 11 is 0. The molecule has 0 saturated heterocycles. The highest BCUT2D eigenvalue weighted by atomic mass is 16.6. The second-order valence-corrected chi connectivity index (χ2v) is 6.46. The molecule has 0 heterocycles. The quantitative estimate of drug-likeness (QED) is 0.378. The van der Waals surface area contributed by atoms with Gasteiger partial charge in [-0.1, -0.05) is 64.0 Å². The Hall–Kier alpha value is -1.55. The second kappa shape index (κ2) is 13.7. The number of phenolic OH excluding ortho intramolecular Hbond substituents is 1. The van der Waals surface area contributed by atoms with Gasteiger partial charge in [-0.15, -0.1) is 0 Å². The van der Waals surface area contributed by atoms with Gasteiger partial charge in [0.15, 0.2) is 6.10 Å². The van der Waals surface area contributed by atoms with Crippen LogP contribution in [0.15, 0.2) is 24.3 Å². The first-order valence-electron chi connectivity index (χ1n) is 9.73. The van der Waals surface area contributed by atoms with Crippen LogP contribution < -0.4 is 0 Å². The van der Waals surface area contributed by atoms with E-state index < -0.39 is 6.10 Å². The van der Waals surface area contributed by atoms with E-state index in [2.05, 4.69) is 6.92 Å². The normalized spacial score (nSPS) is 12.1. The minimum Gasteiger partial charge on any atom is -0.508 e. The highest BCUT2D eigenvalue weighted by molar-refractivity contribution is 5.75. The summed E-state index contributed by atoms with van der Waals surface area (Å²) in [7, 11) is 0. The van der Waals surface area contributed by atoms with Crippen LogP contribution in [0.25, 0.3) is 0 Å². The Labute approximate surface area is 152 Å². The molecule has 0 aliphatic heterocycles. The molecule has 1 N–H and O–H groups in total. The molecule has 142 valence electrons. The fourth-order valence-electron chi connectivity index (χ4n) is 2.76. The molecular formula is C21H34O4. The van der Waals surface area contributed by atoms with Crippen molar-refractivity contribution in [1.82, 2.24) is 0 Å². The second-order valence-electron chi connectivity index (χ2n) is 6.46. The maximum Gasteiger partial charge on any atom is 0.335 e. The molecule has 1 aromatic rings. The van der Waals surface area contributed by atoms with Crippen LogP contribution in [-0.2, 0) is 20.7 Å². The van der Waals surface area contributed by atoms with Crippen molar-refractivity contribution in [2.75, 3.05) is 13.2 Å². The molecule has 0 saturated carbocycles. The molecule has 0 unspecified atom stereocenters. The summed E-state index contributed by atoms with van der Waals surface area (Å²) in [5.74, 6) is -0.0770. The molecule has 25 heavy (non-hydrogen) atoms. The molecule has 0 aliphatic rings. The first-order chi connectivity index (χ1) is 12.2. The van der Waals surface area contributed by atoms with E-state index in [-0.39, 0.29) is 11.7 Å². The van der Waals surface area contributed by atoms with Crippen LogP contribution in [0.1, 0.15) is 70.8 Å². The summed E-state index contributed by atoms with van der Waals surface area (Å²) in [6, 6.07) is 6.83. The van der Waals surface area contributed by atoms with Gasteiger partial charge in [-0.2, -0.15) is 0 Å². The van der Waals surface area contributed by atoms with Crippen molar-refractivity contribution in [3.63, 3.8) is 0 Å². The average molecular weight is 350 g/mol. The van der Waals surface area contributed by atoms with Gasteiger partial charge in [0.05, 0.1) is 6.61 Å². The highest BCUT2D eigenvalue weighted by Crippen LogP contribution is 2.14. The Morgan fingerprint density at radius 2 is 1.56 bits per heavy atom. The molecule has 0 aromatic heterocycles. The van der Waals surface area contributed by atoms with Crippen molar-refractivity contribution < 1.29 is 19.4 Å². The molecule has 1 atom stereocenters. The van der Waals surface area contributed by atoms with Gasteiger partial charge in [0.25, 0.3) is 0 Å². The van der Waals surface area contributed by atoms with Gasteiger partial charge in [0.1, 0.15) is 5.75 Å². The van der Waals surface area contributed by atoms with Crippen LogP contribution in [0.3, 0.4) is 0 Å². The number of ether oxygens (including phenoxy) is 2. The molecule has 0 fully saturated rings. The van der Waals surface area contributed by atoms with Crippen LogP contribution in [0.5, 0.6) is 5.75 Å². The zero-order valence-electron chi connectivity index (χ0n) is 15.8. The van der Waals surface area contributed by atoms with Gasteiger partial charge in [0.2, 0.25) is 0 Å². The van der Waals surface area contributed by atoms with E-state index in [1.165, 1.54) is 38.5 Å². The Morgan fingerprint density at radius 3 is 2.16 bits per heavy atom. The number of aromatic hydroxyl groups is 1. The van der Waals surface area contributed by atoms with E-state index in [1.54, 1.807) is 24.3 Å². The number of esters is 1. The lowest BCUT2D eigenvalue weighted by Gasteiger charge is -2.16. The van der Waals surface area contributed by atoms with E-state index in [0.717, 1.165) is 18.4 Å². The number of hydrogen-bond acceptors (Lipinski definition) is 4. The first kappa shape index (κ1) is 21.5. The number of carbonyl (C=O) groups is 1. The van der Waals surface area contributed by atoms with Crippen LogP contribution >= 0.6 is 0 Å². The molecule has 0 spiro atoms. The third-order valence-electron chi connectivity index (χ3n) is 4.23. The summed E-state index contributed by atoms with van der Waals surface area (Å²) < 4.78 is 10.9. The molecule has 0 amide bonds. The predicted molar refractivity (Wildman–Crippen MR) is 101 cm³/mol. The molecule has 4 heteroatoms. The maximum absolute atomic E-state index is 12.2. The Bertz CT molecular complexity index is 455. The van der Waals surface area contributed by atoms with Crippen molar-refractivity contribution in [3.05, 3.63) is 29.8 Å². The number of carbonyl (C=O) groups excluding carboxylic acids is 1. The Kier molecular flexibility index (Phi) is 11.8. The fourth-order valence-corrected chi connectivity index (χ4v) is 2.76. The van der Waals surface area contributed by atoms with Crippen molar-refractivity contribution in [3.8, 4) is 5.75 Å². The van der Waals surface area contributed by atoms with Crippen LogP contribution in [0.4, 0.5) is 0 Å². The zero-order chi connectivity index (χ0) is 18.3. The lowest BCUT2D eigenvalue weighted by atomic mass is 10.1. The maximum atomic E-state index is 12.2. The third-order valence-corrected chi connectivity index (χ3v) is 4.23. The fraction of sp³-hybridized carbons (Fsp3) is 0.667. The molecule has 0 radical (unpaired) electrons. The van der Waals surface area contributed by atoms with E-state index in [9.17, 15) is 9.90 Å². The number of rotatable bonds is 14. The van der Waals surface area contributed by atoms with Gasteiger partial charge in [-0.25, -0.2) is 4.79 Å². The zero-order valence-corrected chi connectivity index (χ0v) is 15.8. The molecule has 1 rings (SSSR count). The summed E-state index contributed by atoms with van der Waals surface area (Å²) in [5, 5.41) is 9.33. The molecular weight excluding hydrogens is 316 g/mol. The van der Waals surface area contributed by atoms with Crippen molar-refractivity contribution in [2.24, 2.45) is 0 Å². The molecule has 0 bridgehead atoms. The number of benzene rings is 1. The Balaban J connectivity index is 2.21. The van der Waals surface area contributed by atoms with Crippen LogP contribution in [0.2, 0.25) is 0 Å². The van der Waals surface area contributed by atoms with Crippen LogP contribution in [0, 0.1) is 0 Å². The van der Waals surface area contributed by atoms with Crippen molar-refractivity contribution in [1.29, 1.82) is 0 Å². The van der Waals surface area contributed by atoms with Gasteiger partial charge in [0, 0.05) is 13.0 Å². The predicted octanol–water partition coefficient (Wildman–Crippen LogP) is 5.02. The van der Waals surface area contributed by atoms with E-state index in [1.807, 2.05) is 6.92 Å². The lowest BCUT2D eigenvalue weighted by molar-refractivity contribution is -0.157. The van der Waals surface area contributed by atoms with Crippen molar-refractivity contribution >= 4 is 5.97 Å². The summed E-state index contributed by atoms with van der Waals surface area (Å²) in [4.78, 5) is 12.2. The topological polar surface area (TPSA) is 55.8 Å². The summed E-state index contributed by atoms with van der Waals surface area (Å²) in [6.45, 7) is 5.03. The van der Waals surface area contributed by atoms with Gasteiger partial charge in [-0.3, -0.25) is 0 Å². The SMILES string of the molecule is CCCCCCCCCCOC(=O)[C@H](Cc1ccc(O)cc1)OCC. The minimum atomic E-state index is -0.580. The van der Waals surface area contributed by atoms with Gasteiger partial charge < -0.3 is 14.6 Å². The summed E-state index contributed by atoms with van der Waals surface area (Å²) in [6.07, 6.45) is 9.64. The van der Waals surface area contributed by atoms with Gasteiger partial charge >= 0.3 is 5.97 Å². The Morgan fingerprint density at radius 1 is 0.960 bits per heavy atom. The monoisotopic (exact) mass is 350 g/mol. The minimum absolute atomic E-state index is 0.217. The van der Waals surface area contributed by atoms with Crippen molar-refractivity contribution in [2.45, 2.75) is 77.7 Å². The van der Waals surface area contributed by atoms with E-state index >= 15 is 0 Å². The summed E-state index contributed by atoms with van der Waals surface area (Å²) in [5.41, 5.74) is 0.945. The molecule has 4 nitrogen and oxygen atoms in total. The number of phenols is 1. The molecule has 1 aromatic carbocycles. The smallest absolute Gasteiger partial charge is 0.335 e. The van der Waals surface area contributed by atoms with Gasteiger partial charge in [-0.05, 0) is 31.0 Å². The van der Waals surface area contributed by atoms with Crippen LogP contribution in [-0.4, -0.2) is 30.4 Å². The average Bonchev–Trinajstić information content (AvgIpc) is 2.61. The number of hydrogen-bond donors (Lipinski definition) is 1. The standard InChI is InChI=1S/C21H34O4/c1-3-5-6-7-8-9-10-11-16-25-21(23)20(24-4-2)17-18-12-14-19(22)15-13-18/h12-15,20,22H,3-11,16-17H2,1-2H3/t20-/m0/s1. The largest absolute Gasteiger partial charge is 0.508 e. The first-order valence-corrected chi connectivity index (χ1v) is 9.73.